The van der Waals surface area contributed by atoms with Gasteiger partial charge in [-0.2, -0.15) is 0 Å². The molecule has 0 heterocycles. The van der Waals surface area contributed by atoms with Crippen LogP contribution in [0.1, 0.15) is 47.0 Å². The summed E-state index contributed by atoms with van der Waals surface area (Å²) in [5.41, 5.74) is 4.85. The van der Waals surface area contributed by atoms with Crippen molar-refractivity contribution in [3.63, 3.8) is 0 Å². The molecule has 0 aromatic rings. The van der Waals surface area contributed by atoms with Gasteiger partial charge in [-0.15, -0.1) is 0 Å². The van der Waals surface area contributed by atoms with Crippen LogP contribution in [-0.4, -0.2) is 30.2 Å². The fourth-order valence-corrected chi connectivity index (χ4v) is 1.90. The summed E-state index contributed by atoms with van der Waals surface area (Å²) < 4.78 is 5.70. The van der Waals surface area contributed by atoms with E-state index in [1.54, 1.807) is 0 Å². The van der Waals surface area contributed by atoms with Crippen LogP contribution in [0.2, 0.25) is 0 Å². The maximum atomic E-state index is 11.6. The molecule has 4 nitrogen and oxygen atoms in total. The van der Waals surface area contributed by atoms with Crippen molar-refractivity contribution in [2.24, 2.45) is 11.7 Å². The molecule has 1 aliphatic carbocycles. The first kappa shape index (κ1) is 14.5. The molecule has 1 fully saturated rings. The lowest BCUT2D eigenvalue weighted by Gasteiger charge is -2.30. The Bertz CT molecular complexity index is 264. The van der Waals surface area contributed by atoms with Crippen molar-refractivity contribution >= 4 is 5.91 Å². The second-order valence-corrected chi connectivity index (χ2v) is 5.86. The third kappa shape index (κ3) is 5.04. The highest BCUT2D eigenvalue weighted by molar-refractivity contribution is 5.84. The molecule has 3 N–H and O–H groups in total. The number of hydrogen-bond donors (Lipinski definition) is 2. The van der Waals surface area contributed by atoms with E-state index in [0.717, 1.165) is 19.4 Å². The topological polar surface area (TPSA) is 64.3 Å². The molecule has 2 unspecified atom stereocenters. The van der Waals surface area contributed by atoms with Crippen molar-refractivity contribution in [3.8, 4) is 0 Å². The van der Waals surface area contributed by atoms with Crippen LogP contribution in [0.3, 0.4) is 0 Å². The van der Waals surface area contributed by atoms with Crippen molar-refractivity contribution in [2.45, 2.75) is 64.6 Å². The smallest absolute Gasteiger partial charge is 0.237 e. The molecule has 0 aromatic heterocycles. The van der Waals surface area contributed by atoms with E-state index in [-0.39, 0.29) is 12.0 Å². The van der Waals surface area contributed by atoms with Crippen LogP contribution >= 0.6 is 0 Å². The summed E-state index contributed by atoms with van der Waals surface area (Å²) in [4.78, 5) is 11.6. The number of primary amides is 1. The predicted octanol–water partition coefficient (Wildman–Crippen LogP) is 1.43. The number of ether oxygens (including phenoxy) is 1. The fourth-order valence-electron chi connectivity index (χ4n) is 1.90. The Morgan fingerprint density at radius 2 is 2.06 bits per heavy atom. The van der Waals surface area contributed by atoms with Crippen molar-refractivity contribution in [2.75, 3.05) is 6.61 Å². The summed E-state index contributed by atoms with van der Waals surface area (Å²) in [7, 11) is 0. The second-order valence-electron chi connectivity index (χ2n) is 5.86. The van der Waals surface area contributed by atoms with Gasteiger partial charge in [0.2, 0.25) is 5.91 Å². The molecule has 4 heteroatoms. The van der Waals surface area contributed by atoms with E-state index in [4.69, 9.17) is 10.5 Å². The number of carbonyl (C=O) groups excluding carboxylic acids is 1. The van der Waals surface area contributed by atoms with Gasteiger partial charge >= 0.3 is 0 Å². The van der Waals surface area contributed by atoms with E-state index in [2.05, 4.69) is 19.2 Å². The number of nitrogens with two attached hydrogens (primary N) is 1. The highest BCUT2D eigenvalue weighted by atomic mass is 16.5. The average molecular weight is 242 g/mol. The molecule has 0 bridgehead atoms. The maximum absolute atomic E-state index is 11.6. The van der Waals surface area contributed by atoms with Crippen LogP contribution in [0, 0.1) is 5.92 Å². The quantitative estimate of drug-likeness (QED) is 0.677. The van der Waals surface area contributed by atoms with E-state index in [1.165, 1.54) is 0 Å². The van der Waals surface area contributed by atoms with Crippen molar-refractivity contribution in [1.29, 1.82) is 0 Å². The van der Waals surface area contributed by atoms with Gasteiger partial charge in [0.1, 0.15) is 0 Å². The van der Waals surface area contributed by atoms with Crippen LogP contribution < -0.4 is 11.1 Å². The number of nitrogens with one attached hydrogen (secondary N) is 1. The van der Waals surface area contributed by atoms with Gasteiger partial charge < -0.3 is 15.8 Å². The van der Waals surface area contributed by atoms with Crippen molar-refractivity contribution in [3.05, 3.63) is 0 Å². The highest BCUT2D eigenvalue weighted by Crippen LogP contribution is 2.25. The van der Waals surface area contributed by atoms with E-state index in [0.29, 0.717) is 18.4 Å². The monoisotopic (exact) mass is 242 g/mol. The van der Waals surface area contributed by atoms with Gasteiger partial charge in [-0.25, -0.2) is 0 Å². The van der Waals surface area contributed by atoms with E-state index in [1.807, 2.05) is 13.8 Å². The molecule has 1 rings (SSSR count). The van der Waals surface area contributed by atoms with Crippen LogP contribution in [-0.2, 0) is 9.53 Å². The summed E-state index contributed by atoms with van der Waals surface area (Å²) in [5, 5.41) is 3.33. The third-order valence-corrected chi connectivity index (χ3v) is 3.05. The minimum absolute atomic E-state index is 0.0427. The van der Waals surface area contributed by atoms with Gasteiger partial charge in [0.25, 0.3) is 0 Å². The molecule has 1 aliphatic rings. The fraction of sp³-hybridized carbons (Fsp3) is 0.923. The lowest BCUT2D eigenvalue weighted by atomic mass is 9.93. The largest absolute Gasteiger partial charge is 0.378 e. The highest BCUT2D eigenvalue weighted by Gasteiger charge is 2.38. The van der Waals surface area contributed by atoms with Gasteiger partial charge in [0.15, 0.2) is 0 Å². The standard InChI is InChI=1S/C13H26N2O2/c1-9(2)8-17-10(3)7-13(4,12(14)16)15-11-5-6-11/h9-11,15H,5-8H2,1-4H3,(H2,14,16). The Morgan fingerprint density at radius 1 is 1.47 bits per heavy atom. The van der Waals surface area contributed by atoms with Crippen LogP contribution in [0.25, 0.3) is 0 Å². The molecule has 1 amide bonds. The van der Waals surface area contributed by atoms with E-state index in [9.17, 15) is 4.79 Å². The first-order chi connectivity index (χ1) is 7.83. The second kappa shape index (κ2) is 5.83. The summed E-state index contributed by atoms with van der Waals surface area (Å²) in [6.07, 6.45) is 2.96. The molecule has 0 aromatic carbocycles. The molecule has 0 saturated heterocycles. The molecule has 100 valence electrons. The Morgan fingerprint density at radius 3 is 2.47 bits per heavy atom. The first-order valence-electron chi connectivity index (χ1n) is 6.52. The zero-order valence-corrected chi connectivity index (χ0v) is 11.5. The Labute approximate surface area is 104 Å². The minimum Gasteiger partial charge on any atom is -0.378 e. The minimum atomic E-state index is -0.641. The van der Waals surface area contributed by atoms with Gasteiger partial charge in [-0.3, -0.25) is 4.79 Å². The van der Waals surface area contributed by atoms with E-state index >= 15 is 0 Å². The average Bonchev–Trinajstić information content (AvgIpc) is 2.98. The molecule has 17 heavy (non-hydrogen) atoms. The normalized spacial score (nSPS) is 21.2. The molecule has 0 radical (unpaired) electrons. The van der Waals surface area contributed by atoms with Gasteiger partial charge in [0, 0.05) is 19.1 Å². The molecule has 0 spiro atoms. The Balaban J connectivity index is 2.44. The molecule has 0 aliphatic heterocycles. The van der Waals surface area contributed by atoms with Gasteiger partial charge in [-0.05, 0) is 32.6 Å². The number of hydrogen-bond acceptors (Lipinski definition) is 3. The number of rotatable bonds is 8. The van der Waals surface area contributed by atoms with Crippen LogP contribution in [0.4, 0.5) is 0 Å². The van der Waals surface area contributed by atoms with Crippen molar-refractivity contribution in [1.82, 2.24) is 5.32 Å². The van der Waals surface area contributed by atoms with Gasteiger partial charge in [0.05, 0.1) is 11.6 Å². The SMILES string of the molecule is CC(C)COC(C)CC(C)(NC1CC1)C(N)=O. The molecular weight excluding hydrogens is 216 g/mol. The first-order valence-corrected chi connectivity index (χ1v) is 6.52. The lowest BCUT2D eigenvalue weighted by molar-refractivity contribution is -0.125. The lowest BCUT2D eigenvalue weighted by Crippen LogP contribution is -2.55. The van der Waals surface area contributed by atoms with Crippen LogP contribution in [0.5, 0.6) is 0 Å². The zero-order chi connectivity index (χ0) is 13.1. The summed E-state index contributed by atoms with van der Waals surface area (Å²) in [5.74, 6) is 0.220. The van der Waals surface area contributed by atoms with Crippen molar-refractivity contribution < 1.29 is 9.53 Å². The summed E-state index contributed by atoms with van der Waals surface area (Å²) in [6.45, 7) is 8.82. The van der Waals surface area contributed by atoms with Crippen LogP contribution in [0.15, 0.2) is 0 Å². The molecule has 1 saturated carbocycles. The Kier molecular flexibility index (Phi) is 4.95. The number of carbonyl (C=O) groups is 1. The predicted molar refractivity (Wildman–Crippen MR) is 68.6 cm³/mol. The van der Waals surface area contributed by atoms with E-state index < -0.39 is 5.54 Å². The Hall–Kier alpha value is -0.610. The summed E-state index contributed by atoms with van der Waals surface area (Å²) in [6, 6.07) is 0.463. The third-order valence-electron chi connectivity index (χ3n) is 3.05. The molecule has 2 atom stereocenters. The molecular formula is C13H26N2O2. The van der Waals surface area contributed by atoms with Gasteiger partial charge in [-0.1, -0.05) is 13.8 Å². The summed E-state index contributed by atoms with van der Waals surface area (Å²) >= 11 is 0. The maximum Gasteiger partial charge on any atom is 0.237 e. The number of amides is 1. The zero-order valence-electron chi connectivity index (χ0n) is 11.5.